The lowest BCUT2D eigenvalue weighted by molar-refractivity contribution is -0.461. The molecule has 0 aliphatic carbocycles. The van der Waals surface area contributed by atoms with Gasteiger partial charge in [0.05, 0.1) is 6.61 Å². The van der Waals surface area contributed by atoms with Gasteiger partial charge in [-0.3, -0.25) is 4.57 Å². The van der Waals surface area contributed by atoms with E-state index in [0.717, 1.165) is 0 Å². The summed E-state index contributed by atoms with van der Waals surface area (Å²) in [6, 6.07) is 0. The number of phosphoric acid groups is 1. The predicted molar refractivity (Wildman–Crippen MR) is 67.1 cm³/mol. The molecule has 23 heteroatoms. The van der Waals surface area contributed by atoms with E-state index in [9.17, 15) is 84.1 Å². The lowest BCUT2D eigenvalue weighted by Gasteiger charge is -2.42. The average molecular weight is 561 g/mol. The van der Waals surface area contributed by atoms with Crippen LogP contribution in [0.1, 0.15) is 6.42 Å². The van der Waals surface area contributed by atoms with Crippen LogP contribution in [0.4, 0.5) is 74.6 Å². The van der Waals surface area contributed by atoms with Crippen molar-refractivity contribution in [3.8, 4) is 0 Å². The molecule has 0 rings (SSSR count). The van der Waals surface area contributed by atoms with Crippen molar-refractivity contribution < 1.29 is 93.5 Å². The smallest absolute Gasteiger partial charge is 0.460 e. The highest BCUT2D eigenvalue weighted by Crippen LogP contribution is 2.64. The van der Waals surface area contributed by atoms with Crippen LogP contribution in [0, 0.1) is 0 Å². The normalized spacial score (nSPS) is 17.4. The van der Waals surface area contributed by atoms with Crippen molar-refractivity contribution in [2.24, 2.45) is 0 Å². The molecule has 0 aromatic carbocycles. The van der Waals surface area contributed by atoms with Crippen LogP contribution in [-0.4, -0.2) is 59.1 Å². The molecule has 0 radical (unpaired) electrons. The van der Waals surface area contributed by atoms with Crippen LogP contribution < -0.4 is 11.0 Å². The van der Waals surface area contributed by atoms with Crippen molar-refractivity contribution in [2.75, 3.05) is 6.61 Å². The van der Waals surface area contributed by atoms with Gasteiger partial charge < -0.3 is 20.5 Å². The van der Waals surface area contributed by atoms with E-state index in [1.54, 1.807) is 0 Å². The molecule has 1 unspecified atom stereocenters. The summed E-state index contributed by atoms with van der Waals surface area (Å²) in [5, 5.41) is 0. The van der Waals surface area contributed by atoms with Gasteiger partial charge in [-0.2, -0.15) is 74.6 Å². The van der Waals surface area contributed by atoms with Crippen LogP contribution in [0.3, 0.4) is 0 Å². The fourth-order valence-corrected chi connectivity index (χ4v) is 1.96. The average Bonchev–Trinajstić information content (AvgIpc) is 2.50. The molecule has 0 fully saturated rings. The zero-order valence-corrected chi connectivity index (χ0v) is 15.9. The van der Waals surface area contributed by atoms with Crippen molar-refractivity contribution in [3.05, 3.63) is 0 Å². The molecule has 33 heavy (non-hydrogen) atoms. The Kier molecular flexibility index (Phi) is 9.11. The number of rotatable bonds is 10. The maximum absolute atomic E-state index is 13.3. The Labute approximate surface area is 169 Å². The summed E-state index contributed by atoms with van der Waals surface area (Å²) in [4.78, 5) is 18.0. The predicted octanol–water partition coefficient (Wildman–Crippen LogP) is 5.24. The summed E-state index contributed by atoms with van der Waals surface area (Å²) < 4.78 is 232. The molecule has 202 valence electrons. The monoisotopic (exact) mass is 561 g/mol. The molecule has 0 bridgehead atoms. The minimum atomic E-state index is -8.74. The molecule has 0 aliphatic heterocycles. The van der Waals surface area contributed by atoms with E-state index in [0.29, 0.717) is 0 Å². The molecule has 0 aliphatic rings. The third-order valence-corrected chi connectivity index (χ3v) is 3.97. The molecule has 0 amide bonds. The topological polar surface area (TPSA) is 106 Å². The van der Waals surface area contributed by atoms with Crippen LogP contribution in [0.25, 0.3) is 0 Å². The summed E-state index contributed by atoms with van der Waals surface area (Å²) in [6.45, 7) is -2.43. The lowest BCUT2D eigenvalue weighted by Crippen LogP contribution is -2.74. The van der Waals surface area contributed by atoms with Gasteiger partial charge in [-0.15, -0.1) is 0 Å². The molecule has 5 nitrogen and oxygen atoms in total. The molecule has 0 spiro atoms. The Morgan fingerprint density at radius 1 is 0.606 bits per heavy atom. The zero-order chi connectivity index (χ0) is 26.6. The van der Waals surface area contributed by atoms with Gasteiger partial charge in [-0.25, -0.2) is 0 Å². The highest BCUT2D eigenvalue weighted by atomic mass is 31.2. The third kappa shape index (κ3) is 5.27. The van der Waals surface area contributed by atoms with Crippen molar-refractivity contribution in [1.29, 1.82) is 0 Å². The Morgan fingerprint density at radius 2 is 0.879 bits per heavy atom. The number of phosphoric ester groups is 1. The molecule has 0 aromatic rings. The van der Waals surface area contributed by atoms with E-state index in [4.69, 9.17) is 4.89 Å². The van der Waals surface area contributed by atoms with Crippen LogP contribution in [-0.2, 0) is 9.09 Å². The molecule has 1 atom stereocenters. The number of quaternary nitrogens is 1. The first-order valence-corrected chi connectivity index (χ1v) is 8.35. The summed E-state index contributed by atoms with van der Waals surface area (Å²) in [5.74, 6) is -57.5. The maximum Gasteiger partial charge on any atom is 0.460 e. The molecule has 0 heterocycles. The minimum Gasteiger partial charge on any atom is -0.756 e. The van der Waals surface area contributed by atoms with Crippen LogP contribution in [0.5, 0.6) is 0 Å². The Hall–Kier alpha value is -1.12. The SMILES string of the molecule is O=P([O-])(O)OCCC(F)(F)C(F)(F)C(F)(F)C(F)(F)C(F)(F)C(F)(F)C(F)(F)C(F)(F)F.[NH4+]. The van der Waals surface area contributed by atoms with Gasteiger partial charge in [0, 0.05) is 6.42 Å². The highest BCUT2D eigenvalue weighted by Gasteiger charge is 2.95. The van der Waals surface area contributed by atoms with E-state index in [-0.39, 0.29) is 6.15 Å². The van der Waals surface area contributed by atoms with Crippen molar-refractivity contribution in [3.63, 3.8) is 0 Å². The molecule has 0 aromatic heterocycles. The lowest BCUT2D eigenvalue weighted by atomic mass is 9.88. The summed E-state index contributed by atoms with van der Waals surface area (Å²) in [5.41, 5.74) is 0. The summed E-state index contributed by atoms with van der Waals surface area (Å²) >= 11 is 0. The van der Waals surface area contributed by atoms with Gasteiger partial charge in [-0.1, -0.05) is 0 Å². The van der Waals surface area contributed by atoms with Gasteiger partial charge in [0.15, 0.2) is 0 Å². The largest absolute Gasteiger partial charge is 0.756 e. The first-order valence-electron chi connectivity index (χ1n) is 6.85. The van der Waals surface area contributed by atoms with E-state index in [1.807, 2.05) is 0 Å². The van der Waals surface area contributed by atoms with Crippen molar-refractivity contribution in [1.82, 2.24) is 6.15 Å². The van der Waals surface area contributed by atoms with Crippen molar-refractivity contribution in [2.45, 2.75) is 54.1 Å². The van der Waals surface area contributed by atoms with Crippen LogP contribution >= 0.6 is 7.82 Å². The van der Waals surface area contributed by atoms with E-state index < -0.39 is 68.5 Å². The van der Waals surface area contributed by atoms with Crippen LogP contribution in [0.15, 0.2) is 0 Å². The molecule has 5 N–H and O–H groups in total. The fourth-order valence-electron chi connectivity index (χ4n) is 1.64. The Morgan fingerprint density at radius 3 is 1.15 bits per heavy atom. The number of hydrogen-bond acceptors (Lipinski definition) is 3. The maximum atomic E-state index is 13.3. The quantitative estimate of drug-likeness (QED) is 0.281. The Bertz CT molecular complexity index is 730. The third-order valence-electron chi connectivity index (χ3n) is 3.46. The first kappa shape index (κ1) is 34.0. The number of halogens is 17. The van der Waals surface area contributed by atoms with Gasteiger partial charge in [-0.05, 0) is 0 Å². The number of hydrogen-bond donors (Lipinski definition) is 2. The highest BCUT2D eigenvalue weighted by molar-refractivity contribution is 7.44. The first-order chi connectivity index (χ1) is 13.5. The minimum absolute atomic E-state index is 0. The fraction of sp³-hybridized carbons (Fsp3) is 1.00. The second kappa shape index (κ2) is 8.83. The van der Waals surface area contributed by atoms with E-state index in [2.05, 4.69) is 4.52 Å². The van der Waals surface area contributed by atoms with Gasteiger partial charge in [0.2, 0.25) is 0 Å². The molecular formula is C10H9F17NO4P. The summed E-state index contributed by atoms with van der Waals surface area (Å²) in [7, 11) is -6.03. The van der Waals surface area contributed by atoms with Gasteiger partial charge in [0.25, 0.3) is 7.82 Å². The number of alkyl halides is 17. The van der Waals surface area contributed by atoms with Gasteiger partial charge >= 0.3 is 47.6 Å². The second-order valence-electron chi connectivity index (χ2n) is 5.70. The summed E-state index contributed by atoms with van der Waals surface area (Å²) in [6.07, 6.45) is -11.0. The van der Waals surface area contributed by atoms with Crippen LogP contribution in [0.2, 0.25) is 0 Å². The second-order valence-corrected chi connectivity index (χ2v) is 6.90. The molecule has 0 saturated heterocycles. The zero-order valence-electron chi connectivity index (χ0n) is 15.0. The van der Waals surface area contributed by atoms with Gasteiger partial charge in [0.1, 0.15) is 0 Å². The van der Waals surface area contributed by atoms with E-state index >= 15 is 0 Å². The molecule has 0 saturated carbocycles. The van der Waals surface area contributed by atoms with Crippen molar-refractivity contribution >= 4 is 7.82 Å². The standard InChI is InChI=1S/C10H6F17O4P.H3N/c11-3(12,1-2-31-32(28,29)30)4(13,14)5(15,16)6(17,18)7(19,20)8(21,22)9(23,24)10(25,26)27;/h1-2H2,(H2,28,29,30);1H3. The van der Waals surface area contributed by atoms with E-state index in [1.165, 1.54) is 0 Å². The molecular weight excluding hydrogens is 552 g/mol. The Balaban J connectivity index is 0.